The van der Waals surface area contributed by atoms with Crippen molar-refractivity contribution in [2.45, 2.75) is 26.4 Å². The Labute approximate surface area is 94.7 Å². The van der Waals surface area contributed by atoms with Crippen LogP contribution in [0.3, 0.4) is 0 Å². The lowest BCUT2D eigenvalue weighted by molar-refractivity contribution is -0.148. The zero-order valence-electron chi connectivity index (χ0n) is 9.66. The van der Waals surface area contributed by atoms with E-state index in [1.165, 1.54) is 18.2 Å². The Morgan fingerprint density at radius 2 is 1.81 bits per heavy atom. The Bertz CT molecular complexity index is 385. The van der Waals surface area contributed by atoms with Crippen molar-refractivity contribution in [3.8, 4) is 0 Å². The van der Waals surface area contributed by atoms with E-state index in [1.807, 2.05) is 0 Å². The number of rotatable bonds is 2. The normalized spacial score (nSPS) is 11.8. The van der Waals surface area contributed by atoms with Crippen LogP contribution in [0.15, 0.2) is 30.3 Å². The van der Waals surface area contributed by atoms with E-state index in [0.29, 0.717) is 0 Å². The first-order valence-electron chi connectivity index (χ1n) is 5.03. The molecular formula is C13H15FO2. The maximum Gasteiger partial charge on any atom is 0.331 e. The summed E-state index contributed by atoms with van der Waals surface area (Å²) in [4.78, 5) is 11.3. The Morgan fingerprint density at radius 3 is 2.31 bits per heavy atom. The number of carbonyl (C=O) groups excluding carboxylic acids is 1. The van der Waals surface area contributed by atoms with Gasteiger partial charge < -0.3 is 4.74 Å². The second-order valence-electron chi connectivity index (χ2n) is 4.42. The van der Waals surface area contributed by atoms with Crippen LogP contribution in [0.2, 0.25) is 0 Å². The van der Waals surface area contributed by atoms with Crippen LogP contribution in [0.4, 0.5) is 4.39 Å². The van der Waals surface area contributed by atoms with Gasteiger partial charge in [-0.15, -0.1) is 0 Å². The van der Waals surface area contributed by atoms with Crippen molar-refractivity contribution in [2.75, 3.05) is 0 Å². The first kappa shape index (κ1) is 12.4. The number of hydrogen-bond donors (Lipinski definition) is 0. The van der Waals surface area contributed by atoms with Gasteiger partial charge in [-0.2, -0.15) is 0 Å². The van der Waals surface area contributed by atoms with Crippen LogP contribution in [-0.2, 0) is 9.53 Å². The molecule has 0 aliphatic carbocycles. The minimum absolute atomic E-state index is 0.297. The SMILES string of the molecule is CC(C)(C)OC(=O)/C=C/c1ccc(F)cc1. The zero-order chi connectivity index (χ0) is 12.2. The van der Waals surface area contributed by atoms with Crippen molar-refractivity contribution in [3.63, 3.8) is 0 Å². The van der Waals surface area contributed by atoms with E-state index >= 15 is 0 Å². The summed E-state index contributed by atoms with van der Waals surface area (Å²) in [5.74, 6) is -0.703. The molecule has 2 nitrogen and oxygen atoms in total. The highest BCUT2D eigenvalue weighted by atomic mass is 19.1. The van der Waals surface area contributed by atoms with E-state index in [2.05, 4.69) is 0 Å². The maximum atomic E-state index is 12.6. The number of carbonyl (C=O) groups is 1. The van der Waals surface area contributed by atoms with Gasteiger partial charge in [0.2, 0.25) is 0 Å². The fraction of sp³-hybridized carbons (Fsp3) is 0.308. The van der Waals surface area contributed by atoms with Crippen molar-refractivity contribution in [1.82, 2.24) is 0 Å². The highest BCUT2D eigenvalue weighted by Gasteiger charge is 2.13. The van der Waals surface area contributed by atoms with Gasteiger partial charge in [0.05, 0.1) is 0 Å². The van der Waals surface area contributed by atoms with Gasteiger partial charge in [-0.05, 0) is 44.5 Å². The van der Waals surface area contributed by atoms with Gasteiger partial charge in [0.15, 0.2) is 0 Å². The minimum atomic E-state index is -0.496. The summed E-state index contributed by atoms with van der Waals surface area (Å²) < 4.78 is 17.7. The molecule has 0 aromatic heterocycles. The standard InChI is InChI=1S/C13H15FO2/c1-13(2,3)16-12(15)9-6-10-4-7-11(14)8-5-10/h4-9H,1-3H3/b9-6+. The van der Waals surface area contributed by atoms with Gasteiger partial charge in [0.25, 0.3) is 0 Å². The molecule has 16 heavy (non-hydrogen) atoms. The molecule has 0 bridgehead atoms. The van der Waals surface area contributed by atoms with E-state index in [1.54, 1.807) is 39.0 Å². The van der Waals surface area contributed by atoms with Crippen molar-refractivity contribution in [3.05, 3.63) is 41.7 Å². The fourth-order valence-electron chi connectivity index (χ4n) is 1.07. The van der Waals surface area contributed by atoms with Crippen molar-refractivity contribution >= 4 is 12.0 Å². The van der Waals surface area contributed by atoms with E-state index in [9.17, 15) is 9.18 Å². The molecule has 1 rings (SSSR count). The molecule has 1 aromatic carbocycles. The molecular weight excluding hydrogens is 207 g/mol. The van der Waals surface area contributed by atoms with Crippen molar-refractivity contribution in [2.24, 2.45) is 0 Å². The van der Waals surface area contributed by atoms with Gasteiger partial charge in [-0.3, -0.25) is 0 Å². The van der Waals surface area contributed by atoms with Gasteiger partial charge in [0, 0.05) is 6.08 Å². The van der Waals surface area contributed by atoms with Crippen LogP contribution in [0.25, 0.3) is 6.08 Å². The Balaban J connectivity index is 2.60. The van der Waals surface area contributed by atoms with Gasteiger partial charge in [0.1, 0.15) is 11.4 Å². The molecule has 0 saturated carbocycles. The highest BCUT2D eigenvalue weighted by molar-refractivity contribution is 5.87. The molecule has 0 spiro atoms. The number of esters is 1. The maximum absolute atomic E-state index is 12.6. The summed E-state index contributed by atoms with van der Waals surface area (Å²) in [6.07, 6.45) is 2.92. The van der Waals surface area contributed by atoms with Crippen LogP contribution < -0.4 is 0 Å². The van der Waals surface area contributed by atoms with Crippen molar-refractivity contribution < 1.29 is 13.9 Å². The molecule has 0 fully saturated rings. The smallest absolute Gasteiger partial charge is 0.331 e. The Morgan fingerprint density at radius 1 is 1.25 bits per heavy atom. The predicted octanol–water partition coefficient (Wildman–Crippen LogP) is 3.18. The summed E-state index contributed by atoms with van der Waals surface area (Å²) >= 11 is 0. The van der Waals surface area contributed by atoms with Gasteiger partial charge in [-0.1, -0.05) is 12.1 Å². The molecule has 0 heterocycles. The third-order valence-electron chi connectivity index (χ3n) is 1.69. The molecule has 0 aliphatic rings. The zero-order valence-corrected chi connectivity index (χ0v) is 9.66. The quantitative estimate of drug-likeness (QED) is 0.567. The van der Waals surface area contributed by atoms with Crippen LogP contribution in [0.5, 0.6) is 0 Å². The second-order valence-corrected chi connectivity index (χ2v) is 4.42. The Kier molecular flexibility index (Phi) is 3.82. The molecule has 3 heteroatoms. The van der Waals surface area contributed by atoms with Gasteiger partial charge in [-0.25, -0.2) is 9.18 Å². The molecule has 0 N–H and O–H groups in total. The van der Waals surface area contributed by atoms with E-state index in [4.69, 9.17) is 4.74 Å². The molecule has 0 atom stereocenters. The van der Waals surface area contributed by atoms with E-state index < -0.39 is 11.6 Å². The number of ether oxygens (including phenoxy) is 1. The summed E-state index contributed by atoms with van der Waals surface area (Å²) in [5.41, 5.74) is 0.261. The predicted molar refractivity (Wildman–Crippen MR) is 61.3 cm³/mol. The first-order chi connectivity index (χ1) is 7.37. The highest BCUT2D eigenvalue weighted by Crippen LogP contribution is 2.09. The lowest BCUT2D eigenvalue weighted by atomic mass is 10.2. The number of hydrogen-bond acceptors (Lipinski definition) is 2. The lowest BCUT2D eigenvalue weighted by Gasteiger charge is -2.17. The van der Waals surface area contributed by atoms with Crippen molar-refractivity contribution in [1.29, 1.82) is 0 Å². The summed E-state index contributed by atoms with van der Waals surface area (Å²) in [5, 5.41) is 0. The number of halogens is 1. The average molecular weight is 222 g/mol. The van der Waals surface area contributed by atoms with Crippen LogP contribution in [0.1, 0.15) is 26.3 Å². The molecule has 0 unspecified atom stereocenters. The second kappa shape index (κ2) is 4.92. The number of benzene rings is 1. The molecule has 1 aromatic rings. The molecule has 0 amide bonds. The molecule has 0 aliphatic heterocycles. The van der Waals surface area contributed by atoms with Crippen LogP contribution >= 0.6 is 0 Å². The molecule has 0 radical (unpaired) electrons. The first-order valence-corrected chi connectivity index (χ1v) is 5.03. The lowest BCUT2D eigenvalue weighted by Crippen LogP contribution is -2.22. The van der Waals surface area contributed by atoms with E-state index in [-0.39, 0.29) is 5.82 Å². The third kappa shape index (κ3) is 4.73. The van der Waals surface area contributed by atoms with E-state index in [0.717, 1.165) is 5.56 Å². The largest absolute Gasteiger partial charge is 0.457 e. The summed E-state index contributed by atoms with van der Waals surface area (Å²) in [7, 11) is 0. The summed E-state index contributed by atoms with van der Waals surface area (Å²) in [6, 6.07) is 5.87. The van der Waals surface area contributed by atoms with Gasteiger partial charge >= 0.3 is 5.97 Å². The monoisotopic (exact) mass is 222 g/mol. The third-order valence-corrected chi connectivity index (χ3v) is 1.69. The average Bonchev–Trinajstić information content (AvgIpc) is 2.14. The fourth-order valence-corrected chi connectivity index (χ4v) is 1.07. The summed E-state index contributed by atoms with van der Waals surface area (Å²) in [6.45, 7) is 5.41. The van der Waals surface area contributed by atoms with Crippen LogP contribution in [0, 0.1) is 5.82 Å². The topological polar surface area (TPSA) is 26.3 Å². The molecule has 86 valence electrons. The molecule has 0 saturated heterocycles. The minimum Gasteiger partial charge on any atom is -0.457 e. The van der Waals surface area contributed by atoms with Crippen LogP contribution in [-0.4, -0.2) is 11.6 Å². The Hall–Kier alpha value is -1.64.